The summed E-state index contributed by atoms with van der Waals surface area (Å²) < 4.78 is 6.16. The fraction of sp³-hybridized carbons (Fsp3) is 0.500. The minimum Gasteiger partial charge on any atom is -0.358 e. The highest BCUT2D eigenvalue weighted by molar-refractivity contribution is 7.09. The fourth-order valence-electron chi connectivity index (χ4n) is 1.25. The lowest BCUT2D eigenvalue weighted by Crippen LogP contribution is -2.10. The van der Waals surface area contributed by atoms with Crippen molar-refractivity contribution in [2.75, 3.05) is 11.9 Å². The van der Waals surface area contributed by atoms with Gasteiger partial charge in [-0.2, -0.15) is 9.47 Å². The molecule has 86 valence electrons. The maximum absolute atomic E-state index is 4.40. The van der Waals surface area contributed by atoms with Crippen LogP contribution in [0.2, 0.25) is 0 Å². The predicted octanol–water partition coefficient (Wildman–Crippen LogP) is 1.97. The molecule has 0 bridgehead atoms. The molecule has 2 rings (SSSR count). The summed E-state index contributed by atoms with van der Waals surface area (Å²) in [6, 6.07) is 1.92. The Hall–Kier alpha value is -1.43. The number of rotatable bonds is 5. The van der Waals surface area contributed by atoms with Gasteiger partial charge in [-0.1, -0.05) is 13.8 Å². The zero-order valence-corrected chi connectivity index (χ0v) is 10.2. The number of anilines is 1. The SMILES string of the molecule is CC(C)c1nsc(NCCn2cccn2)n1. The Balaban J connectivity index is 1.81. The monoisotopic (exact) mass is 237 g/mol. The highest BCUT2D eigenvalue weighted by Crippen LogP contribution is 2.16. The molecule has 1 N–H and O–H groups in total. The molecule has 0 radical (unpaired) electrons. The van der Waals surface area contributed by atoms with Gasteiger partial charge in [0.25, 0.3) is 0 Å². The average molecular weight is 237 g/mol. The normalized spacial score (nSPS) is 10.9. The maximum atomic E-state index is 4.40. The van der Waals surface area contributed by atoms with Crippen molar-refractivity contribution in [3.63, 3.8) is 0 Å². The van der Waals surface area contributed by atoms with Crippen molar-refractivity contribution >= 4 is 16.7 Å². The molecule has 2 heterocycles. The molecule has 0 aliphatic carbocycles. The molecule has 0 fully saturated rings. The highest BCUT2D eigenvalue weighted by atomic mass is 32.1. The van der Waals surface area contributed by atoms with Gasteiger partial charge in [-0.05, 0) is 6.07 Å². The van der Waals surface area contributed by atoms with E-state index >= 15 is 0 Å². The molecule has 6 heteroatoms. The summed E-state index contributed by atoms with van der Waals surface area (Å²) >= 11 is 1.41. The van der Waals surface area contributed by atoms with Crippen LogP contribution in [0, 0.1) is 0 Å². The highest BCUT2D eigenvalue weighted by Gasteiger charge is 2.06. The molecule has 0 spiro atoms. The van der Waals surface area contributed by atoms with Gasteiger partial charge < -0.3 is 5.32 Å². The van der Waals surface area contributed by atoms with Crippen LogP contribution in [0.3, 0.4) is 0 Å². The molecular formula is C10H15N5S. The van der Waals surface area contributed by atoms with Gasteiger partial charge in [-0.25, -0.2) is 4.98 Å². The van der Waals surface area contributed by atoms with Crippen molar-refractivity contribution < 1.29 is 0 Å². The van der Waals surface area contributed by atoms with Crippen molar-refractivity contribution in [2.24, 2.45) is 0 Å². The van der Waals surface area contributed by atoms with Crippen LogP contribution < -0.4 is 5.32 Å². The topological polar surface area (TPSA) is 55.6 Å². The van der Waals surface area contributed by atoms with Gasteiger partial charge in [0.2, 0.25) is 5.13 Å². The van der Waals surface area contributed by atoms with Crippen LogP contribution >= 0.6 is 11.5 Å². The largest absolute Gasteiger partial charge is 0.358 e. The summed E-state index contributed by atoms with van der Waals surface area (Å²) in [5.41, 5.74) is 0. The van der Waals surface area contributed by atoms with Crippen LogP contribution in [0.25, 0.3) is 0 Å². The van der Waals surface area contributed by atoms with Crippen LogP contribution in [0.5, 0.6) is 0 Å². The minimum atomic E-state index is 0.387. The Morgan fingerprint density at radius 3 is 3.00 bits per heavy atom. The predicted molar refractivity (Wildman–Crippen MR) is 64.7 cm³/mol. The maximum Gasteiger partial charge on any atom is 0.202 e. The minimum absolute atomic E-state index is 0.387. The third kappa shape index (κ3) is 2.79. The first-order valence-corrected chi connectivity index (χ1v) is 6.08. The van der Waals surface area contributed by atoms with Gasteiger partial charge in [-0.15, -0.1) is 0 Å². The molecule has 0 aromatic carbocycles. The quantitative estimate of drug-likeness (QED) is 0.863. The van der Waals surface area contributed by atoms with E-state index in [-0.39, 0.29) is 0 Å². The smallest absolute Gasteiger partial charge is 0.202 e. The molecule has 0 unspecified atom stereocenters. The molecule has 16 heavy (non-hydrogen) atoms. The van der Waals surface area contributed by atoms with E-state index in [1.165, 1.54) is 11.5 Å². The second-order valence-electron chi connectivity index (χ2n) is 3.81. The first-order valence-electron chi connectivity index (χ1n) is 5.30. The van der Waals surface area contributed by atoms with Crippen molar-refractivity contribution in [2.45, 2.75) is 26.3 Å². The molecule has 0 aliphatic heterocycles. The van der Waals surface area contributed by atoms with E-state index in [0.717, 1.165) is 24.0 Å². The second-order valence-corrected chi connectivity index (χ2v) is 4.56. The molecule has 0 aliphatic rings. The third-order valence-electron chi connectivity index (χ3n) is 2.13. The van der Waals surface area contributed by atoms with Crippen molar-refractivity contribution in [1.29, 1.82) is 0 Å². The van der Waals surface area contributed by atoms with Crippen LogP contribution in [-0.2, 0) is 6.54 Å². The van der Waals surface area contributed by atoms with Gasteiger partial charge in [0.1, 0.15) is 5.82 Å². The Labute approximate surface area is 98.7 Å². The summed E-state index contributed by atoms with van der Waals surface area (Å²) in [6.07, 6.45) is 3.73. The zero-order chi connectivity index (χ0) is 11.4. The molecule has 0 amide bonds. The van der Waals surface area contributed by atoms with E-state index in [1.54, 1.807) is 6.20 Å². The van der Waals surface area contributed by atoms with E-state index in [2.05, 4.69) is 33.6 Å². The summed E-state index contributed by atoms with van der Waals surface area (Å²) in [6.45, 7) is 5.84. The number of aromatic nitrogens is 4. The Morgan fingerprint density at radius 2 is 2.38 bits per heavy atom. The fourth-order valence-corrected chi connectivity index (χ4v) is 1.98. The third-order valence-corrected chi connectivity index (χ3v) is 2.82. The molecule has 0 saturated carbocycles. The summed E-state index contributed by atoms with van der Waals surface area (Å²) in [4.78, 5) is 4.40. The molecule has 0 atom stereocenters. The number of hydrogen-bond acceptors (Lipinski definition) is 5. The molecular weight excluding hydrogens is 222 g/mol. The van der Waals surface area contributed by atoms with Gasteiger partial charge in [0, 0.05) is 36.4 Å². The van der Waals surface area contributed by atoms with Crippen LogP contribution in [0.1, 0.15) is 25.6 Å². The summed E-state index contributed by atoms with van der Waals surface area (Å²) in [7, 11) is 0. The first kappa shape index (κ1) is 11.1. The van der Waals surface area contributed by atoms with Crippen molar-refractivity contribution in [1.82, 2.24) is 19.1 Å². The Kier molecular flexibility index (Phi) is 3.51. The lowest BCUT2D eigenvalue weighted by molar-refractivity contribution is 0.637. The van der Waals surface area contributed by atoms with Crippen LogP contribution in [0.15, 0.2) is 18.5 Å². The summed E-state index contributed by atoms with van der Waals surface area (Å²) in [5.74, 6) is 1.30. The molecule has 5 nitrogen and oxygen atoms in total. The summed E-state index contributed by atoms with van der Waals surface area (Å²) in [5, 5.41) is 8.25. The van der Waals surface area contributed by atoms with E-state index in [1.807, 2.05) is 16.9 Å². The van der Waals surface area contributed by atoms with Crippen LogP contribution in [-0.4, -0.2) is 25.7 Å². The average Bonchev–Trinajstić information content (AvgIpc) is 2.87. The van der Waals surface area contributed by atoms with Gasteiger partial charge in [-0.3, -0.25) is 4.68 Å². The standard InChI is InChI=1S/C10H15N5S/c1-8(2)9-13-10(16-14-9)11-5-7-15-6-3-4-12-15/h3-4,6,8H,5,7H2,1-2H3,(H,11,13,14). The molecule has 2 aromatic heterocycles. The van der Waals surface area contributed by atoms with Gasteiger partial charge in [0.15, 0.2) is 0 Å². The second kappa shape index (κ2) is 5.07. The number of nitrogens with one attached hydrogen (secondary N) is 1. The zero-order valence-electron chi connectivity index (χ0n) is 9.42. The Morgan fingerprint density at radius 1 is 1.50 bits per heavy atom. The molecule has 0 saturated heterocycles. The first-order chi connectivity index (χ1) is 7.75. The lowest BCUT2D eigenvalue weighted by atomic mass is 10.2. The Bertz CT molecular complexity index is 420. The van der Waals surface area contributed by atoms with E-state index in [0.29, 0.717) is 5.92 Å². The number of hydrogen-bond donors (Lipinski definition) is 1. The van der Waals surface area contributed by atoms with E-state index < -0.39 is 0 Å². The van der Waals surface area contributed by atoms with Crippen LogP contribution in [0.4, 0.5) is 5.13 Å². The number of nitrogens with zero attached hydrogens (tertiary/aromatic N) is 4. The van der Waals surface area contributed by atoms with E-state index in [4.69, 9.17) is 0 Å². The van der Waals surface area contributed by atoms with Gasteiger partial charge >= 0.3 is 0 Å². The van der Waals surface area contributed by atoms with E-state index in [9.17, 15) is 0 Å². The molecule has 2 aromatic rings. The van der Waals surface area contributed by atoms with Crippen molar-refractivity contribution in [3.8, 4) is 0 Å². The van der Waals surface area contributed by atoms with Crippen molar-refractivity contribution in [3.05, 3.63) is 24.3 Å². The lowest BCUT2D eigenvalue weighted by Gasteiger charge is -2.02. The van der Waals surface area contributed by atoms with Gasteiger partial charge in [0.05, 0.1) is 6.54 Å².